The van der Waals surface area contributed by atoms with Gasteiger partial charge in [0.1, 0.15) is 0 Å². The zero-order valence-corrected chi connectivity index (χ0v) is 17.4. The summed E-state index contributed by atoms with van der Waals surface area (Å²) in [5, 5.41) is 3.85. The summed E-state index contributed by atoms with van der Waals surface area (Å²) < 4.78 is 0. The highest BCUT2D eigenvalue weighted by atomic mass is 35.5. The normalized spacial score (nSPS) is 29.2. The molecule has 1 N–H and O–H groups in total. The average molecular weight is 407 g/mol. The van der Waals surface area contributed by atoms with E-state index in [2.05, 4.69) is 22.3 Å². The van der Waals surface area contributed by atoms with E-state index in [0.717, 1.165) is 17.5 Å². The van der Waals surface area contributed by atoms with Crippen molar-refractivity contribution < 1.29 is 4.79 Å². The molecule has 2 saturated carbocycles. The van der Waals surface area contributed by atoms with E-state index in [-0.39, 0.29) is 5.91 Å². The molecule has 6 rings (SSSR count). The van der Waals surface area contributed by atoms with Crippen LogP contribution in [0.1, 0.15) is 71.8 Å². The summed E-state index contributed by atoms with van der Waals surface area (Å²) in [4.78, 5) is 15.6. The maximum Gasteiger partial charge on any atom is 0.255 e. The van der Waals surface area contributed by atoms with Crippen LogP contribution in [0.15, 0.2) is 36.4 Å². The third-order valence-corrected chi connectivity index (χ3v) is 8.13. The van der Waals surface area contributed by atoms with Gasteiger partial charge in [0.25, 0.3) is 5.91 Å². The molecular weight excluding hydrogens is 380 g/mol. The first kappa shape index (κ1) is 17.8. The van der Waals surface area contributed by atoms with Crippen LogP contribution in [0.2, 0.25) is 5.02 Å². The molecule has 0 radical (unpaired) electrons. The lowest BCUT2D eigenvalue weighted by Crippen LogP contribution is -2.43. The van der Waals surface area contributed by atoms with Crippen LogP contribution in [0.3, 0.4) is 0 Å². The summed E-state index contributed by atoms with van der Waals surface area (Å²) in [5.41, 5.74) is 6.17. The van der Waals surface area contributed by atoms with Crippen molar-refractivity contribution >= 4 is 28.9 Å². The van der Waals surface area contributed by atoms with Crippen molar-refractivity contribution in [2.45, 2.75) is 50.4 Å². The molecule has 4 atom stereocenters. The summed E-state index contributed by atoms with van der Waals surface area (Å²) in [6.45, 7) is 2.48. The van der Waals surface area contributed by atoms with Gasteiger partial charge in [-0.05, 0) is 96.9 Å². The van der Waals surface area contributed by atoms with Crippen LogP contribution in [0.25, 0.3) is 0 Å². The largest absolute Gasteiger partial charge is 0.370 e. The van der Waals surface area contributed by atoms with Gasteiger partial charge in [-0.1, -0.05) is 24.4 Å². The van der Waals surface area contributed by atoms with Gasteiger partial charge in [-0.2, -0.15) is 0 Å². The Morgan fingerprint density at radius 2 is 1.48 bits per heavy atom. The molecule has 0 saturated heterocycles. The molecule has 4 heteroatoms. The van der Waals surface area contributed by atoms with Crippen molar-refractivity contribution in [1.82, 2.24) is 0 Å². The van der Waals surface area contributed by atoms with Crippen molar-refractivity contribution in [3.05, 3.63) is 58.1 Å². The number of rotatable bonds is 2. The quantitative estimate of drug-likeness (QED) is 0.644. The average Bonchev–Trinajstić information content (AvgIpc) is 3.38. The summed E-state index contributed by atoms with van der Waals surface area (Å²) in [7, 11) is 0. The third kappa shape index (κ3) is 2.89. The minimum atomic E-state index is -0.0526. The van der Waals surface area contributed by atoms with Crippen molar-refractivity contribution in [3.8, 4) is 0 Å². The van der Waals surface area contributed by atoms with Crippen LogP contribution in [0.5, 0.6) is 0 Å². The molecule has 150 valence electrons. The van der Waals surface area contributed by atoms with E-state index < -0.39 is 0 Å². The fourth-order valence-electron chi connectivity index (χ4n) is 6.64. The monoisotopic (exact) mass is 406 g/mol. The van der Waals surface area contributed by atoms with Crippen LogP contribution in [-0.2, 0) is 0 Å². The van der Waals surface area contributed by atoms with Gasteiger partial charge >= 0.3 is 0 Å². The number of hydrogen-bond donors (Lipinski definition) is 1. The molecule has 2 fully saturated rings. The van der Waals surface area contributed by atoms with Crippen LogP contribution < -0.4 is 10.2 Å². The standard InChI is InChI=1S/C25H27ClN2O/c26-18-9-7-15(8-10-18)25(29)27-19-11-22-20-5-1-3-16(20)13-28-14-17-4-2-6-21(17)23(12-19)24(22)28/h7-12,16-17,20-21H,1-6,13-14H2,(H,27,29)/t16-,17+,20-,21+. The molecule has 4 aliphatic rings. The van der Waals surface area contributed by atoms with E-state index in [1.165, 1.54) is 68.4 Å². The highest BCUT2D eigenvalue weighted by Gasteiger charge is 2.44. The Morgan fingerprint density at radius 1 is 0.897 bits per heavy atom. The van der Waals surface area contributed by atoms with E-state index in [1.807, 2.05) is 0 Å². The Balaban J connectivity index is 1.41. The fraction of sp³-hybridized carbons (Fsp3) is 0.480. The number of benzene rings is 2. The van der Waals surface area contributed by atoms with Crippen molar-refractivity contribution in [1.29, 1.82) is 0 Å². The highest BCUT2D eigenvalue weighted by Crippen LogP contribution is 2.56. The molecule has 3 nitrogen and oxygen atoms in total. The molecule has 2 aliphatic heterocycles. The predicted octanol–water partition coefficient (Wildman–Crippen LogP) is 6.19. The van der Waals surface area contributed by atoms with Crippen LogP contribution in [-0.4, -0.2) is 19.0 Å². The summed E-state index contributed by atoms with van der Waals surface area (Å²) in [6.07, 6.45) is 7.98. The minimum Gasteiger partial charge on any atom is -0.370 e. The van der Waals surface area contributed by atoms with Gasteiger partial charge in [-0.3, -0.25) is 4.79 Å². The van der Waals surface area contributed by atoms with Crippen LogP contribution in [0.4, 0.5) is 11.4 Å². The molecule has 0 spiro atoms. The first-order valence-corrected chi connectivity index (χ1v) is 11.5. The molecule has 0 unspecified atom stereocenters. The van der Waals surface area contributed by atoms with Crippen molar-refractivity contribution in [3.63, 3.8) is 0 Å². The molecule has 29 heavy (non-hydrogen) atoms. The smallest absolute Gasteiger partial charge is 0.255 e. The minimum absolute atomic E-state index is 0.0526. The molecule has 1 amide bonds. The van der Waals surface area contributed by atoms with E-state index in [4.69, 9.17) is 11.6 Å². The number of anilines is 2. The maximum atomic E-state index is 12.9. The van der Waals surface area contributed by atoms with E-state index in [9.17, 15) is 4.79 Å². The summed E-state index contributed by atoms with van der Waals surface area (Å²) in [5.74, 6) is 2.87. The van der Waals surface area contributed by atoms with Crippen molar-refractivity contribution in [2.75, 3.05) is 23.3 Å². The van der Waals surface area contributed by atoms with E-state index >= 15 is 0 Å². The van der Waals surface area contributed by atoms with Gasteiger partial charge in [0, 0.05) is 35.1 Å². The van der Waals surface area contributed by atoms with Crippen LogP contribution >= 0.6 is 11.6 Å². The van der Waals surface area contributed by atoms with Gasteiger partial charge in [0.15, 0.2) is 0 Å². The third-order valence-electron chi connectivity index (χ3n) is 7.88. The van der Waals surface area contributed by atoms with Crippen molar-refractivity contribution in [2.24, 2.45) is 11.8 Å². The zero-order chi connectivity index (χ0) is 19.5. The van der Waals surface area contributed by atoms with Gasteiger partial charge in [0.2, 0.25) is 0 Å². The lowest BCUT2D eigenvalue weighted by molar-refractivity contribution is 0.102. The Labute approximate surface area is 177 Å². The molecule has 2 aromatic rings. The van der Waals surface area contributed by atoms with Gasteiger partial charge < -0.3 is 10.2 Å². The number of carbonyl (C=O) groups excluding carboxylic acids is 1. The number of fused-ring (bicyclic) bond motifs is 4. The number of halogens is 1. The summed E-state index contributed by atoms with van der Waals surface area (Å²) in [6, 6.07) is 11.7. The predicted molar refractivity (Wildman–Crippen MR) is 118 cm³/mol. The Bertz CT molecular complexity index is 924. The Hall–Kier alpha value is -2.00. The number of amides is 1. The topological polar surface area (TPSA) is 32.3 Å². The highest BCUT2D eigenvalue weighted by molar-refractivity contribution is 6.30. The lowest BCUT2D eigenvalue weighted by atomic mass is 9.75. The maximum absolute atomic E-state index is 12.9. The first-order valence-electron chi connectivity index (χ1n) is 11.2. The fourth-order valence-corrected chi connectivity index (χ4v) is 6.77. The van der Waals surface area contributed by atoms with Gasteiger partial charge in [-0.25, -0.2) is 0 Å². The van der Waals surface area contributed by atoms with E-state index in [1.54, 1.807) is 24.3 Å². The number of nitrogens with one attached hydrogen (secondary N) is 1. The molecule has 0 bridgehead atoms. The number of carbonyl (C=O) groups is 1. The van der Waals surface area contributed by atoms with Crippen LogP contribution in [0, 0.1) is 11.8 Å². The lowest BCUT2D eigenvalue weighted by Gasteiger charge is -2.46. The second kappa shape index (κ2) is 6.77. The number of hydrogen-bond acceptors (Lipinski definition) is 2. The molecule has 2 heterocycles. The summed E-state index contributed by atoms with van der Waals surface area (Å²) >= 11 is 5.98. The Morgan fingerprint density at radius 3 is 2.07 bits per heavy atom. The second-order valence-electron chi connectivity index (χ2n) is 9.46. The first-order chi connectivity index (χ1) is 14.2. The molecule has 2 aromatic carbocycles. The SMILES string of the molecule is O=C(Nc1cc2c3c(c1)[C@@H]1CCC[C@@H]1CN3C[C@@H]1CCC[C@H]21)c1ccc(Cl)cc1. The number of nitrogens with zero attached hydrogens (tertiary/aromatic N) is 1. The van der Waals surface area contributed by atoms with E-state index in [0.29, 0.717) is 22.4 Å². The van der Waals surface area contributed by atoms with Gasteiger partial charge in [-0.15, -0.1) is 0 Å². The Kier molecular flexibility index (Phi) is 4.16. The second-order valence-corrected chi connectivity index (χ2v) is 9.90. The molecule has 0 aromatic heterocycles. The zero-order valence-electron chi connectivity index (χ0n) is 16.7. The van der Waals surface area contributed by atoms with Gasteiger partial charge in [0.05, 0.1) is 0 Å². The molecular formula is C25H27ClN2O. The molecule has 2 aliphatic carbocycles.